The van der Waals surface area contributed by atoms with Crippen LogP contribution in [0, 0.1) is 0 Å². The maximum absolute atomic E-state index is 13.0. The van der Waals surface area contributed by atoms with Crippen molar-refractivity contribution in [2.24, 2.45) is 0 Å². The highest BCUT2D eigenvalue weighted by Crippen LogP contribution is 2.46. The Balaban J connectivity index is 2.67. The van der Waals surface area contributed by atoms with Crippen LogP contribution in [0.4, 0.5) is 32.0 Å². The number of nitrogen functional groups attached to an aromatic ring is 1. The molecule has 0 saturated heterocycles. The smallest absolute Gasteiger partial charge is 0.420 e. The first-order valence-corrected chi connectivity index (χ1v) is 5.90. The number of anilines is 1. The minimum absolute atomic E-state index is 0.150. The van der Waals surface area contributed by atoms with Gasteiger partial charge in [0.1, 0.15) is 16.9 Å². The summed E-state index contributed by atoms with van der Waals surface area (Å²) >= 11 is 0. The van der Waals surface area contributed by atoms with Crippen LogP contribution in [0.5, 0.6) is 11.5 Å². The maximum atomic E-state index is 13.0. The average molecular weight is 321 g/mol. The third kappa shape index (κ3) is 3.44. The molecule has 0 unspecified atom stereocenters. The summed E-state index contributed by atoms with van der Waals surface area (Å²) in [7, 11) is 0. The lowest BCUT2D eigenvalue weighted by Crippen LogP contribution is -2.15. The van der Waals surface area contributed by atoms with Gasteiger partial charge in [0, 0.05) is 5.69 Å². The topological polar surface area (TPSA) is 35.2 Å². The van der Waals surface area contributed by atoms with Gasteiger partial charge in [-0.15, -0.1) is 0 Å². The van der Waals surface area contributed by atoms with Crippen molar-refractivity contribution >= 4 is 5.69 Å². The molecule has 0 aliphatic rings. The van der Waals surface area contributed by atoms with Gasteiger partial charge >= 0.3 is 12.4 Å². The molecule has 22 heavy (non-hydrogen) atoms. The quantitative estimate of drug-likeness (QED) is 0.617. The zero-order valence-electron chi connectivity index (χ0n) is 10.8. The van der Waals surface area contributed by atoms with E-state index in [4.69, 9.17) is 10.5 Å². The number of benzene rings is 2. The molecule has 0 aromatic heterocycles. The summed E-state index contributed by atoms with van der Waals surface area (Å²) in [5.74, 6) is -1.47. The molecular formula is C14H9F6NO. The minimum atomic E-state index is -5.04. The second kappa shape index (κ2) is 5.43. The van der Waals surface area contributed by atoms with Crippen molar-refractivity contribution in [3.8, 4) is 11.5 Å². The van der Waals surface area contributed by atoms with E-state index in [1.807, 2.05) is 0 Å². The molecule has 0 spiro atoms. The molecule has 0 radical (unpaired) electrons. The first kappa shape index (κ1) is 16.0. The molecule has 0 saturated carbocycles. The van der Waals surface area contributed by atoms with E-state index in [1.54, 1.807) is 6.07 Å². The Kier molecular flexibility index (Phi) is 3.95. The average Bonchev–Trinajstić information content (AvgIpc) is 2.39. The van der Waals surface area contributed by atoms with Crippen LogP contribution >= 0.6 is 0 Å². The highest BCUT2D eigenvalue weighted by atomic mass is 19.4. The van der Waals surface area contributed by atoms with Crippen LogP contribution in [0.1, 0.15) is 11.1 Å². The summed E-state index contributed by atoms with van der Waals surface area (Å²) in [5, 5.41) is 0. The minimum Gasteiger partial charge on any atom is -0.456 e. The lowest BCUT2D eigenvalue weighted by molar-refractivity contribution is -0.144. The van der Waals surface area contributed by atoms with Gasteiger partial charge < -0.3 is 10.5 Å². The van der Waals surface area contributed by atoms with E-state index in [0.717, 1.165) is 0 Å². The van der Waals surface area contributed by atoms with Gasteiger partial charge in [-0.2, -0.15) is 26.3 Å². The van der Waals surface area contributed by atoms with Gasteiger partial charge in [0.15, 0.2) is 5.75 Å². The monoisotopic (exact) mass is 321 g/mol. The second-order valence-corrected chi connectivity index (χ2v) is 4.36. The highest BCUT2D eigenvalue weighted by Gasteiger charge is 2.42. The molecule has 0 atom stereocenters. The predicted molar refractivity (Wildman–Crippen MR) is 67.4 cm³/mol. The van der Waals surface area contributed by atoms with Gasteiger partial charge in [0.2, 0.25) is 0 Å². The number of hydrogen-bond donors (Lipinski definition) is 1. The summed E-state index contributed by atoms with van der Waals surface area (Å²) in [6, 6.07) is 7.71. The van der Waals surface area contributed by atoms with Gasteiger partial charge in [-0.3, -0.25) is 0 Å². The fraction of sp³-hybridized carbons (Fsp3) is 0.143. The van der Waals surface area contributed by atoms with E-state index in [2.05, 4.69) is 0 Å². The molecule has 0 fully saturated rings. The Hall–Kier alpha value is -2.38. The van der Waals surface area contributed by atoms with Crippen LogP contribution in [0.2, 0.25) is 0 Å². The van der Waals surface area contributed by atoms with Crippen LogP contribution < -0.4 is 10.5 Å². The zero-order valence-corrected chi connectivity index (χ0v) is 10.8. The third-order valence-corrected chi connectivity index (χ3v) is 2.69. The van der Waals surface area contributed by atoms with Crippen LogP contribution in [0.25, 0.3) is 0 Å². The van der Waals surface area contributed by atoms with Crippen LogP contribution in [0.3, 0.4) is 0 Å². The SMILES string of the molecule is Nc1cc(C(F)(F)F)c(Oc2ccccc2)c(C(F)(F)F)c1. The largest absolute Gasteiger partial charge is 0.456 e. The van der Waals surface area contributed by atoms with Gasteiger partial charge in [-0.05, 0) is 24.3 Å². The van der Waals surface area contributed by atoms with Crippen LogP contribution in [-0.4, -0.2) is 0 Å². The number of para-hydroxylation sites is 1. The summed E-state index contributed by atoms with van der Waals surface area (Å²) in [6.45, 7) is 0. The van der Waals surface area contributed by atoms with Crippen molar-refractivity contribution in [3.05, 3.63) is 53.6 Å². The van der Waals surface area contributed by atoms with Crippen molar-refractivity contribution in [1.29, 1.82) is 0 Å². The van der Waals surface area contributed by atoms with Crippen molar-refractivity contribution < 1.29 is 31.1 Å². The highest BCUT2D eigenvalue weighted by molar-refractivity contribution is 5.56. The van der Waals surface area contributed by atoms with Gasteiger partial charge in [0.25, 0.3) is 0 Å². The van der Waals surface area contributed by atoms with Crippen molar-refractivity contribution in [1.82, 2.24) is 0 Å². The first-order chi connectivity index (χ1) is 10.1. The lowest BCUT2D eigenvalue weighted by Gasteiger charge is -2.19. The van der Waals surface area contributed by atoms with E-state index in [-0.39, 0.29) is 5.75 Å². The number of ether oxygens (including phenoxy) is 1. The maximum Gasteiger partial charge on any atom is 0.420 e. The van der Waals surface area contributed by atoms with E-state index >= 15 is 0 Å². The second-order valence-electron chi connectivity index (χ2n) is 4.36. The molecule has 0 aliphatic heterocycles. The molecule has 2 nitrogen and oxygen atoms in total. The number of halogens is 6. The number of nitrogens with two attached hydrogens (primary N) is 1. The zero-order chi connectivity index (χ0) is 16.5. The van der Waals surface area contributed by atoms with E-state index in [1.165, 1.54) is 24.3 Å². The van der Waals surface area contributed by atoms with Crippen molar-refractivity contribution in [2.45, 2.75) is 12.4 Å². The molecule has 0 bridgehead atoms. The molecule has 2 aromatic rings. The summed E-state index contributed by atoms with van der Waals surface area (Å²) in [5.41, 5.74) is 1.35. The summed E-state index contributed by atoms with van der Waals surface area (Å²) in [4.78, 5) is 0. The Morgan fingerprint density at radius 3 is 1.64 bits per heavy atom. The van der Waals surface area contributed by atoms with Crippen molar-refractivity contribution in [3.63, 3.8) is 0 Å². The molecular weight excluding hydrogens is 312 g/mol. The lowest BCUT2D eigenvalue weighted by atomic mass is 10.1. The van der Waals surface area contributed by atoms with E-state index in [0.29, 0.717) is 12.1 Å². The molecule has 2 rings (SSSR count). The number of alkyl halides is 6. The van der Waals surface area contributed by atoms with Gasteiger partial charge in [-0.25, -0.2) is 0 Å². The normalized spacial score (nSPS) is 12.3. The fourth-order valence-electron chi connectivity index (χ4n) is 1.79. The molecule has 0 amide bonds. The number of rotatable bonds is 2. The predicted octanol–water partition coefficient (Wildman–Crippen LogP) is 5.10. The first-order valence-electron chi connectivity index (χ1n) is 5.90. The number of hydrogen-bond acceptors (Lipinski definition) is 2. The fourth-order valence-corrected chi connectivity index (χ4v) is 1.79. The molecule has 0 aliphatic carbocycles. The van der Waals surface area contributed by atoms with E-state index < -0.39 is 34.9 Å². The summed E-state index contributed by atoms with van der Waals surface area (Å²) < 4.78 is 82.8. The molecule has 2 N–H and O–H groups in total. The standard InChI is InChI=1S/C14H9F6NO/c15-13(16,17)10-6-8(21)7-11(14(18,19)20)12(10)22-9-4-2-1-3-5-9/h1-7H,21H2. The molecule has 0 heterocycles. The van der Waals surface area contributed by atoms with Crippen LogP contribution in [-0.2, 0) is 12.4 Å². The Morgan fingerprint density at radius 2 is 1.23 bits per heavy atom. The summed E-state index contributed by atoms with van der Waals surface area (Å²) in [6.07, 6.45) is -10.1. The molecule has 2 aromatic carbocycles. The van der Waals surface area contributed by atoms with E-state index in [9.17, 15) is 26.3 Å². The van der Waals surface area contributed by atoms with Gasteiger partial charge in [-0.1, -0.05) is 18.2 Å². The Morgan fingerprint density at radius 1 is 0.773 bits per heavy atom. The van der Waals surface area contributed by atoms with Crippen LogP contribution in [0.15, 0.2) is 42.5 Å². The molecule has 8 heteroatoms. The Labute approximate surface area is 121 Å². The Bertz CT molecular complexity index is 628. The molecule has 118 valence electrons. The van der Waals surface area contributed by atoms with Crippen molar-refractivity contribution in [2.75, 3.05) is 5.73 Å². The third-order valence-electron chi connectivity index (χ3n) is 2.69. The van der Waals surface area contributed by atoms with Gasteiger partial charge in [0.05, 0.1) is 0 Å².